The van der Waals surface area contributed by atoms with E-state index in [1.54, 1.807) is 30.3 Å². The Labute approximate surface area is 155 Å². The number of hydrogen-bond acceptors (Lipinski definition) is 5. The van der Waals surface area contributed by atoms with E-state index in [2.05, 4.69) is 0 Å². The highest BCUT2D eigenvalue weighted by Crippen LogP contribution is 2.24. The maximum absolute atomic E-state index is 12.0. The van der Waals surface area contributed by atoms with Crippen LogP contribution in [0.1, 0.15) is 18.1 Å². The number of esters is 1. The summed E-state index contributed by atoms with van der Waals surface area (Å²) >= 11 is 5.89. The van der Waals surface area contributed by atoms with Gasteiger partial charge in [0.15, 0.2) is 6.61 Å². The molecule has 5 nitrogen and oxygen atoms in total. The molecule has 0 bridgehead atoms. The van der Waals surface area contributed by atoms with Crippen molar-refractivity contribution in [3.05, 3.63) is 69.0 Å². The molecule has 1 aromatic heterocycles. The SMILES string of the molecule is CCc1cc(=O)oc2cc(OC(=O)COc3ccc(Cl)cc3C)ccc12. The van der Waals surface area contributed by atoms with Gasteiger partial charge in [-0.2, -0.15) is 0 Å². The molecule has 0 saturated heterocycles. The quantitative estimate of drug-likeness (QED) is 0.379. The van der Waals surface area contributed by atoms with Crippen molar-refractivity contribution in [3.63, 3.8) is 0 Å². The van der Waals surface area contributed by atoms with E-state index < -0.39 is 11.6 Å². The summed E-state index contributed by atoms with van der Waals surface area (Å²) in [4.78, 5) is 23.6. The highest BCUT2D eigenvalue weighted by Gasteiger charge is 2.11. The van der Waals surface area contributed by atoms with Crippen molar-refractivity contribution in [2.75, 3.05) is 6.61 Å². The Morgan fingerprint density at radius 3 is 2.69 bits per heavy atom. The number of aryl methyl sites for hydroxylation is 2. The zero-order chi connectivity index (χ0) is 18.7. The van der Waals surface area contributed by atoms with E-state index in [-0.39, 0.29) is 12.4 Å². The zero-order valence-corrected chi connectivity index (χ0v) is 15.1. The fraction of sp³-hybridized carbons (Fsp3) is 0.200. The third-order valence-corrected chi connectivity index (χ3v) is 4.13. The average Bonchev–Trinajstić information content (AvgIpc) is 2.59. The standard InChI is InChI=1S/C20H17ClO5/c1-3-13-9-19(22)26-18-10-15(5-6-16(13)18)25-20(23)11-24-17-7-4-14(21)8-12(17)2/h4-10H,3,11H2,1-2H3. The topological polar surface area (TPSA) is 65.7 Å². The van der Waals surface area contributed by atoms with Crippen LogP contribution in [-0.2, 0) is 11.2 Å². The van der Waals surface area contributed by atoms with Crippen molar-refractivity contribution in [3.8, 4) is 11.5 Å². The van der Waals surface area contributed by atoms with Gasteiger partial charge in [-0.05, 0) is 54.8 Å². The van der Waals surface area contributed by atoms with Gasteiger partial charge in [-0.3, -0.25) is 0 Å². The van der Waals surface area contributed by atoms with Crippen molar-refractivity contribution >= 4 is 28.5 Å². The molecule has 1 heterocycles. The lowest BCUT2D eigenvalue weighted by atomic mass is 10.1. The van der Waals surface area contributed by atoms with E-state index in [0.717, 1.165) is 16.5 Å². The van der Waals surface area contributed by atoms with Crippen LogP contribution in [0.15, 0.2) is 51.7 Å². The third-order valence-electron chi connectivity index (χ3n) is 3.90. The fourth-order valence-electron chi connectivity index (χ4n) is 2.64. The molecule has 0 unspecified atom stereocenters. The zero-order valence-electron chi connectivity index (χ0n) is 14.4. The minimum atomic E-state index is -0.562. The summed E-state index contributed by atoms with van der Waals surface area (Å²) in [5, 5.41) is 1.42. The molecule has 0 N–H and O–H groups in total. The number of ether oxygens (including phenoxy) is 2. The van der Waals surface area contributed by atoms with E-state index in [1.165, 1.54) is 12.1 Å². The maximum Gasteiger partial charge on any atom is 0.349 e. The van der Waals surface area contributed by atoms with Gasteiger partial charge in [-0.25, -0.2) is 9.59 Å². The van der Waals surface area contributed by atoms with E-state index in [0.29, 0.717) is 22.8 Å². The Balaban J connectivity index is 1.72. The molecule has 0 aliphatic heterocycles. The summed E-state index contributed by atoms with van der Waals surface area (Å²) < 4.78 is 15.9. The van der Waals surface area contributed by atoms with Gasteiger partial charge >= 0.3 is 11.6 Å². The highest BCUT2D eigenvalue weighted by atomic mass is 35.5. The van der Waals surface area contributed by atoms with Gasteiger partial charge in [0, 0.05) is 22.5 Å². The molecule has 134 valence electrons. The van der Waals surface area contributed by atoms with E-state index >= 15 is 0 Å². The van der Waals surface area contributed by atoms with Crippen molar-refractivity contribution < 1.29 is 18.7 Å². The van der Waals surface area contributed by atoms with Crippen molar-refractivity contribution in [1.29, 1.82) is 0 Å². The summed E-state index contributed by atoms with van der Waals surface area (Å²) in [6, 6.07) is 11.6. The summed E-state index contributed by atoms with van der Waals surface area (Å²) in [5.41, 5.74) is 1.66. The minimum absolute atomic E-state index is 0.251. The van der Waals surface area contributed by atoms with Crippen LogP contribution in [0.25, 0.3) is 11.0 Å². The second-order valence-corrected chi connectivity index (χ2v) is 6.21. The molecule has 6 heteroatoms. The van der Waals surface area contributed by atoms with Crippen LogP contribution in [0.3, 0.4) is 0 Å². The number of halogens is 1. The first-order valence-corrected chi connectivity index (χ1v) is 8.50. The van der Waals surface area contributed by atoms with Gasteiger partial charge in [0.05, 0.1) is 0 Å². The molecule has 3 aromatic rings. The molecular weight excluding hydrogens is 356 g/mol. The maximum atomic E-state index is 12.0. The van der Waals surface area contributed by atoms with Crippen LogP contribution >= 0.6 is 11.6 Å². The molecule has 0 spiro atoms. The molecule has 0 atom stereocenters. The number of rotatable bonds is 5. The third kappa shape index (κ3) is 4.06. The molecule has 0 amide bonds. The fourth-order valence-corrected chi connectivity index (χ4v) is 2.87. The van der Waals surface area contributed by atoms with E-state index in [9.17, 15) is 9.59 Å². The minimum Gasteiger partial charge on any atom is -0.482 e. The van der Waals surface area contributed by atoms with Crippen molar-refractivity contribution in [2.45, 2.75) is 20.3 Å². The number of benzene rings is 2. The largest absolute Gasteiger partial charge is 0.482 e. The normalized spacial score (nSPS) is 10.7. The molecule has 0 aliphatic carbocycles. The van der Waals surface area contributed by atoms with Crippen molar-refractivity contribution in [1.82, 2.24) is 0 Å². The Hall–Kier alpha value is -2.79. The van der Waals surface area contributed by atoms with Crippen LogP contribution in [0, 0.1) is 6.92 Å². The number of carbonyl (C=O) groups excluding carboxylic acids is 1. The number of carbonyl (C=O) groups is 1. The molecule has 26 heavy (non-hydrogen) atoms. The first-order valence-electron chi connectivity index (χ1n) is 8.12. The van der Waals surface area contributed by atoms with Gasteiger partial charge in [0.2, 0.25) is 0 Å². The second kappa shape index (κ2) is 7.62. The average molecular weight is 373 g/mol. The molecule has 0 radical (unpaired) electrons. The smallest absolute Gasteiger partial charge is 0.349 e. The van der Waals surface area contributed by atoms with Crippen molar-refractivity contribution in [2.24, 2.45) is 0 Å². The monoisotopic (exact) mass is 372 g/mol. The molecule has 0 aliphatic rings. The predicted octanol–water partition coefficient (Wildman–Crippen LogP) is 4.30. The highest BCUT2D eigenvalue weighted by molar-refractivity contribution is 6.30. The Morgan fingerprint density at radius 1 is 1.15 bits per heavy atom. The number of fused-ring (bicyclic) bond motifs is 1. The van der Waals surface area contributed by atoms with Gasteiger partial charge in [0.25, 0.3) is 0 Å². The lowest BCUT2D eigenvalue weighted by Gasteiger charge is -2.10. The second-order valence-electron chi connectivity index (χ2n) is 5.77. The molecule has 2 aromatic carbocycles. The predicted molar refractivity (Wildman–Crippen MR) is 99.2 cm³/mol. The number of hydrogen-bond donors (Lipinski definition) is 0. The Morgan fingerprint density at radius 2 is 1.96 bits per heavy atom. The van der Waals surface area contributed by atoms with Crippen LogP contribution in [-0.4, -0.2) is 12.6 Å². The molecule has 0 fully saturated rings. The molecule has 3 rings (SSSR count). The summed E-state index contributed by atoms with van der Waals surface area (Å²) in [5.74, 6) is 0.284. The Bertz CT molecular complexity index is 1020. The van der Waals surface area contributed by atoms with Crippen LogP contribution < -0.4 is 15.1 Å². The van der Waals surface area contributed by atoms with Gasteiger partial charge in [-0.15, -0.1) is 0 Å². The lowest BCUT2D eigenvalue weighted by molar-refractivity contribution is -0.136. The summed E-state index contributed by atoms with van der Waals surface area (Å²) in [6.45, 7) is 3.54. The van der Waals surface area contributed by atoms with Gasteiger partial charge in [0.1, 0.15) is 17.1 Å². The van der Waals surface area contributed by atoms with Crippen LogP contribution in [0.2, 0.25) is 5.02 Å². The first-order chi connectivity index (χ1) is 12.5. The lowest BCUT2D eigenvalue weighted by Crippen LogP contribution is -2.18. The van der Waals surface area contributed by atoms with E-state index in [4.69, 9.17) is 25.5 Å². The van der Waals surface area contributed by atoms with Gasteiger partial charge < -0.3 is 13.9 Å². The van der Waals surface area contributed by atoms with E-state index in [1.807, 2.05) is 13.8 Å². The first kappa shape index (κ1) is 18.0. The Kier molecular flexibility index (Phi) is 5.28. The van der Waals surface area contributed by atoms with Crippen LogP contribution in [0.4, 0.5) is 0 Å². The molecular formula is C20H17ClO5. The van der Waals surface area contributed by atoms with Gasteiger partial charge in [-0.1, -0.05) is 18.5 Å². The summed E-state index contributed by atoms with van der Waals surface area (Å²) in [6.07, 6.45) is 0.704. The molecule has 0 saturated carbocycles. The van der Waals surface area contributed by atoms with Crippen LogP contribution in [0.5, 0.6) is 11.5 Å². The summed E-state index contributed by atoms with van der Waals surface area (Å²) in [7, 11) is 0.